The molecule has 0 spiro atoms. The Labute approximate surface area is 82.8 Å². The molecule has 1 unspecified atom stereocenters. The number of hydrogen-bond acceptors (Lipinski definition) is 1. The van der Waals surface area contributed by atoms with Crippen molar-refractivity contribution in [1.29, 1.82) is 0 Å². The summed E-state index contributed by atoms with van der Waals surface area (Å²) in [6.45, 7) is 2.79. The molecule has 0 aliphatic heterocycles. The van der Waals surface area contributed by atoms with Crippen molar-refractivity contribution in [2.24, 2.45) is 0 Å². The normalized spacial score (nSPS) is 13.2. The molecule has 0 aliphatic rings. The Hall–Kier alpha value is -0.0800. The molecule has 2 nitrogen and oxygen atoms in total. The zero-order valence-electron chi connectivity index (χ0n) is 9.14. The van der Waals surface area contributed by atoms with Crippen molar-refractivity contribution in [3.63, 3.8) is 0 Å². The van der Waals surface area contributed by atoms with Gasteiger partial charge in [-0.15, -0.1) is 0 Å². The van der Waals surface area contributed by atoms with Gasteiger partial charge in [0.15, 0.2) is 0 Å². The van der Waals surface area contributed by atoms with E-state index in [1.807, 2.05) is 7.11 Å². The number of rotatable bonds is 9. The van der Waals surface area contributed by atoms with Crippen LogP contribution in [-0.2, 0) is 4.74 Å². The highest BCUT2D eigenvalue weighted by Gasteiger charge is 2.05. The van der Waals surface area contributed by atoms with E-state index in [4.69, 9.17) is 10.5 Å². The minimum absolute atomic E-state index is 0.464. The standard InChI is InChI=1S/C11H24NO/c1-3-4-8-11(13-2)9-6-5-7-10-12/h11-12H,3-10H2,1-2H3. The summed E-state index contributed by atoms with van der Waals surface area (Å²) in [5.41, 5.74) is 7.01. The Bertz CT molecular complexity index is 96.1. The monoisotopic (exact) mass is 186 g/mol. The quantitative estimate of drug-likeness (QED) is 0.509. The van der Waals surface area contributed by atoms with E-state index >= 15 is 0 Å². The minimum atomic E-state index is 0.464. The Morgan fingerprint density at radius 3 is 2.31 bits per heavy atom. The van der Waals surface area contributed by atoms with Crippen molar-refractivity contribution in [3.8, 4) is 0 Å². The molecule has 0 aromatic rings. The molecule has 1 radical (unpaired) electrons. The molecule has 1 N–H and O–H groups in total. The second-order valence-electron chi connectivity index (χ2n) is 3.60. The van der Waals surface area contributed by atoms with Crippen LogP contribution in [0, 0.1) is 0 Å². The van der Waals surface area contributed by atoms with Crippen molar-refractivity contribution < 1.29 is 4.74 Å². The summed E-state index contributed by atoms with van der Waals surface area (Å²) < 4.78 is 5.39. The molecule has 0 saturated heterocycles. The van der Waals surface area contributed by atoms with Gasteiger partial charge in [-0.1, -0.05) is 32.6 Å². The van der Waals surface area contributed by atoms with Gasteiger partial charge in [-0.25, -0.2) is 0 Å². The molecule has 0 aromatic heterocycles. The molecule has 0 bridgehead atoms. The third-order valence-electron chi connectivity index (χ3n) is 2.42. The maximum Gasteiger partial charge on any atom is 0.0571 e. The van der Waals surface area contributed by atoms with E-state index in [1.165, 1.54) is 38.5 Å². The first-order chi connectivity index (χ1) is 6.35. The first-order valence-electron chi connectivity index (χ1n) is 5.52. The maximum absolute atomic E-state index is 7.01. The van der Waals surface area contributed by atoms with Crippen molar-refractivity contribution in [1.82, 2.24) is 5.73 Å². The third kappa shape index (κ3) is 8.26. The Kier molecular flexibility index (Phi) is 9.94. The van der Waals surface area contributed by atoms with E-state index in [1.54, 1.807) is 0 Å². The zero-order valence-corrected chi connectivity index (χ0v) is 9.14. The van der Waals surface area contributed by atoms with Crippen LogP contribution < -0.4 is 5.73 Å². The van der Waals surface area contributed by atoms with Gasteiger partial charge in [-0.05, 0) is 19.3 Å². The zero-order chi connectivity index (χ0) is 9.94. The van der Waals surface area contributed by atoms with Gasteiger partial charge in [0.1, 0.15) is 0 Å². The van der Waals surface area contributed by atoms with Crippen molar-refractivity contribution in [2.45, 2.75) is 58.0 Å². The van der Waals surface area contributed by atoms with E-state index in [-0.39, 0.29) is 0 Å². The summed E-state index contributed by atoms with van der Waals surface area (Å²) in [6, 6.07) is 0. The summed E-state index contributed by atoms with van der Waals surface area (Å²) in [4.78, 5) is 0. The van der Waals surface area contributed by atoms with Crippen molar-refractivity contribution in [3.05, 3.63) is 0 Å². The summed E-state index contributed by atoms with van der Waals surface area (Å²) in [5.74, 6) is 0. The van der Waals surface area contributed by atoms with Gasteiger partial charge in [0, 0.05) is 13.7 Å². The molecule has 0 heterocycles. The van der Waals surface area contributed by atoms with Crippen LogP contribution in [0.15, 0.2) is 0 Å². The van der Waals surface area contributed by atoms with Gasteiger partial charge < -0.3 is 4.74 Å². The molecular weight excluding hydrogens is 162 g/mol. The van der Waals surface area contributed by atoms with Gasteiger partial charge >= 0.3 is 0 Å². The van der Waals surface area contributed by atoms with Crippen LogP contribution in [0.25, 0.3) is 0 Å². The second kappa shape index (κ2) is 10.0. The first kappa shape index (κ1) is 12.9. The van der Waals surface area contributed by atoms with Crippen LogP contribution in [0.2, 0.25) is 0 Å². The average molecular weight is 186 g/mol. The fourth-order valence-electron chi connectivity index (χ4n) is 1.49. The summed E-state index contributed by atoms with van der Waals surface area (Å²) >= 11 is 0. The molecule has 0 amide bonds. The fraction of sp³-hybridized carbons (Fsp3) is 1.00. The number of unbranched alkanes of at least 4 members (excludes halogenated alkanes) is 3. The lowest BCUT2D eigenvalue weighted by molar-refractivity contribution is 0.0837. The molecule has 0 fully saturated rings. The average Bonchev–Trinajstić information content (AvgIpc) is 2.17. The highest BCUT2D eigenvalue weighted by molar-refractivity contribution is 4.58. The molecule has 13 heavy (non-hydrogen) atoms. The summed E-state index contributed by atoms with van der Waals surface area (Å²) in [7, 11) is 1.81. The van der Waals surface area contributed by atoms with E-state index in [2.05, 4.69) is 6.92 Å². The lowest BCUT2D eigenvalue weighted by Crippen LogP contribution is -2.10. The van der Waals surface area contributed by atoms with E-state index in [0.29, 0.717) is 12.6 Å². The second-order valence-corrected chi connectivity index (χ2v) is 3.60. The van der Waals surface area contributed by atoms with Gasteiger partial charge in [0.05, 0.1) is 6.10 Å². The number of methoxy groups -OCH3 is 1. The van der Waals surface area contributed by atoms with Crippen LogP contribution in [0.5, 0.6) is 0 Å². The first-order valence-corrected chi connectivity index (χ1v) is 5.52. The predicted molar refractivity (Wildman–Crippen MR) is 56.8 cm³/mol. The van der Waals surface area contributed by atoms with Crippen LogP contribution in [0.4, 0.5) is 0 Å². The Morgan fingerprint density at radius 1 is 1.08 bits per heavy atom. The number of ether oxygens (including phenoxy) is 1. The Balaban J connectivity index is 3.25. The van der Waals surface area contributed by atoms with E-state index < -0.39 is 0 Å². The highest BCUT2D eigenvalue weighted by Crippen LogP contribution is 2.12. The number of hydrogen-bond donors (Lipinski definition) is 0. The largest absolute Gasteiger partial charge is 0.381 e. The lowest BCUT2D eigenvalue weighted by atomic mass is 10.1. The third-order valence-corrected chi connectivity index (χ3v) is 2.42. The van der Waals surface area contributed by atoms with Crippen LogP contribution >= 0.6 is 0 Å². The van der Waals surface area contributed by atoms with E-state index in [9.17, 15) is 0 Å². The van der Waals surface area contributed by atoms with Gasteiger partial charge in [-0.3, -0.25) is 5.73 Å². The molecule has 0 saturated carbocycles. The van der Waals surface area contributed by atoms with Crippen molar-refractivity contribution in [2.75, 3.05) is 13.7 Å². The molecule has 1 atom stereocenters. The predicted octanol–water partition coefficient (Wildman–Crippen LogP) is 3.03. The molecule has 0 aromatic carbocycles. The lowest BCUT2D eigenvalue weighted by Gasteiger charge is -2.14. The van der Waals surface area contributed by atoms with Gasteiger partial charge in [0.2, 0.25) is 0 Å². The summed E-state index contributed by atoms with van der Waals surface area (Å²) in [6.07, 6.45) is 8.83. The molecular formula is C11H24NO. The summed E-state index contributed by atoms with van der Waals surface area (Å²) in [5, 5.41) is 0. The fourth-order valence-corrected chi connectivity index (χ4v) is 1.49. The van der Waals surface area contributed by atoms with Gasteiger partial charge in [0.25, 0.3) is 0 Å². The van der Waals surface area contributed by atoms with Gasteiger partial charge in [-0.2, -0.15) is 0 Å². The topological polar surface area (TPSA) is 33.0 Å². The maximum atomic E-state index is 7.01. The molecule has 79 valence electrons. The smallest absolute Gasteiger partial charge is 0.0571 e. The van der Waals surface area contributed by atoms with Crippen molar-refractivity contribution >= 4 is 0 Å². The highest BCUT2D eigenvalue weighted by atomic mass is 16.5. The van der Waals surface area contributed by atoms with E-state index in [0.717, 1.165) is 6.42 Å². The molecule has 0 rings (SSSR count). The minimum Gasteiger partial charge on any atom is -0.381 e. The molecule has 2 heteroatoms. The van der Waals surface area contributed by atoms with Crippen LogP contribution in [0.1, 0.15) is 51.9 Å². The Morgan fingerprint density at radius 2 is 1.77 bits per heavy atom. The number of nitrogens with one attached hydrogen (secondary N) is 1. The molecule has 0 aliphatic carbocycles. The SMILES string of the molecule is CCCCC(CCCCC[NH])OC. The van der Waals surface area contributed by atoms with Crippen LogP contribution in [0.3, 0.4) is 0 Å². The van der Waals surface area contributed by atoms with Crippen LogP contribution in [-0.4, -0.2) is 19.8 Å².